The third kappa shape index (κ3) is 6.01. The molecule has 32 heavy (non-hydrogen) atoms. The van der Waals surface area contributed by atoms with Gasteiger partial charge in [0, 0.05) is 24.0 Å². The molecule has 0 spiro atoms. The molecule has 2 amide bonds. The summed E-state index contributed by atoms with van der Waals surface area (Å²) >= 11 is -1.24. The van der Waals surface area contributed by atoms with Gasteiger partial charge in [0.25, 0.3) is 11.8 Å². The van der Waals surface area contributed by atoms with Gasteiger partial charge in [-0.2, -0.15) is 0 Å². The quantitative estimate of drug-likeness (QED) is 0.148. The predicted molar refractivity (Wildman–Crippen MR) is 118 cm³/mol. The number of aliphatic hydroxyl groups excluding tert-OH is 1. The lowest BCUT2D eigenvalue weighted by molar-refractivity contribution is 0.0706. The van der Waals surface area contributed by atoms with Crippen LogP contribution in [0.25, 0.3) is 11.0 Å². The summed E-state index contributed by atoms with van der Waals surface area (Å²) in [5.74, 6) is 0.0465. The molecule has 0 bridgehead atoms. The van der Waals surface area contributed by atoms with Gasteiger partial charge in [0.15, 0.2) is 0 Å². The molecule has 4 N–H and O–H groups in total. The van der Waals surface area contributed by atoms with Gasteiger partial charge in [-0.25, -0.2) is 5.48 Å². The van der Waals surface area contributed by atoms with E-state index in [-0.39, 0.29) is 36.8 Å². The molecule has 1 atom stereocenters. The molecule has 0 aliphatic heterocycles. The molecular formula is C22H24N2O7S. The van der Waals surface area contributed by atoms with E-state index >= 15 is 0 Å². The number of furan rings is 1. The molecule has 1 unspecified atom stereocenters. The zero-order valence-corrected chi connectivity index (χ0v) is 18.0. The van der Waals surface area contributed by atoms with Crippen LogP contribution in [0.2, 0.25) is 0 Å². The molecule has 170 valence electrons. The maximum Gasteiger partial charge on any atom is 0.287 e. The van der Waals surface area contributed by atoms with Crippen molar-refractivity contribution in [3.63, 3.8) is 0 Å². The maximum atomic E-state index is 12.7. The van der Waals surface area contributed by atoms with Crippen LogP contribution in [-0.4, -0.2) is 52.2 Å². The van der Waals surface area contributed by atoms with E-state index in [1.165, 1.54) is 12.1 Å². The molecule has 0 radical (unpaired) electrons. The van der Waals surface area contributed by atoms with Crippen molar-refractivity contribution in [3.8, 4) is 5.75 Å². The maximum absolute atomic E-state index is 12.7. The first kappa shape index (κ1) is 23.6. The van der Waals surface area contributed by atoms with Crippen molar-refractivity contribution in [2.75, 3.05) is 25.5 Å². The van der Waals surface area contributed by atoms with E-state index in [1.54, 1.807) is 29.7 Å². The number of amides is 2. The molecule has 0 fully saturated rings. The van der Waals surface area contributed by atoms with Gasteiger partial charge >= 0.3 is 0 Å². The summed E-state index contributed by atoms with van der Waals surface area (Å²) in [6.45, 7) is 0.333. The molecule has 0 aliphatic carbocycles. The zero-order chi connectivity index (χ0) is 22.9. The molecular weight excluding hydrogens is 436 g/mol. The number of rotatable bonds is 11. The average molecular weight is 461 g/mol. The van der Waals surface area contributed by atoms with Crippen LogP contribution in [0.5, 0.6) is 5.75 Å². The number of carbonyl (C=O) groups is 2. The Balaban J connectivity index is 1.60. The summed E-state index contributed by atoms with van der Waals surface area (Å²) in [7, 11) is 0. The Bertz CT molecular complexity index is 1050. The van der Waals surface area contributed by atoms with Gasteiger partial charge in [-0.3, -0.25) is 14.8 Å². The number of benzene rings is 2. The van der Waals surface area contributed by atoms with E-state index in [2.05, 4.69) is 5.32 Å². The van der Waals surface area contributed by atoms with Gasteiger partial charge in [-0.1, -0.05) is 18.2 Å². The minimum Gasteiger partial charge on any atom is -0.616 e. The van der Waals surface area contributed by atoms with Crippen LogP contribution in [0.15, 0.2) is 52.9 Å². The van der Waals surface area contributed by atoms with Gasteiger partial charge in [0.2, 0.25) is 5.76 Å². The third-order valence-corrected chi connectivity index (χ3v) is 5.97. The summed E-state index contributed by atoms with van der Waals surface area (Å²) in [6.07, 6.45) is 0.424. The van der Waals surface area contributed by atoms with Gasteiger partial charge in [0.05, 0.1) is 12.1 Å². The third-order valence-electron chi connectivity index (χ3n) is 4.61. The van der Waals surface area contributed by atoms with Gasteiger partial charge in [-0.15, -0.1) is 0 Å². The number of aliphatic hydroxyl groups is 1. The van der Waals surface area contributed by atoms with Gasteiger partial charge in [-0.05, 0) is 41.5 Å². The fourth-order valence-corrected chi connectivity index (χ4v) is 4.27. The number of hydroxylamine groups is 1. The summed E-state index contributed by atoms with van der Waals surface area (Å²) in [5.41, 5.74) is 2.94. The van der Waals surface area contributed by atoms with Crippen LogP contribution >= 0.6 is 0 Å². The molecule has 0 saturated heterocycles. The van der Waals surface area contributed by atoms with E-state index in [4.69, 9.17) is 19.5 Å². The smallest absolute Gasteiger partial charge is 0.287 e. The highest BCUT2D eigenvalue weighted by Crippen LogP contribution is 2.28. The van der Waals surface area contributed by atoms with Crippen LogP contribution in [0.4, 0.5) is 0 Å². The fraction of sp³-hybridized carbons (Fsp3) is 0.273. The summed E-state index contributed by atoms with van der Waals surface area (Å²) in [5, 5.41) is 21.0. The lowest BCUT2D eigenvalue weighted by Crippen LogP contribution is -2.28. The molecule has 1 aromatic heterocycles. The summed E-state index contributed by atoms with van der Waals surface area (Å²) in [6, 6.07) is 13.3. The minimum absolute atomic E-state index is 0.0391. The first-order valence-electron chi connectivity index (χ1n) is 9.95. The van der Waals surface area contributed by atoms with Crippen molar-refractivity contribution in [2.24, 2.45) is 0 Å². The summed E-state index contributed by atoms with van der Waals surface area (Å²) < 4.78 is 23.6. The van der Waals surface area contributed by atoms with Gasteiger partial charge in [0.1, 0.15) is 29.4 Å². The number of nitrogens with one attached hydrogen (secondary N) is 2. The lowest BCUT2D eigenvalue weighted by Gasteiger charge is -2.11. The highest BCUT2D eigenvalue weighted by Gasteiger charge is 2.24. The molecule has 9 nitrogen and oxygen atoms in total. The summed E-state index contributed by atoms with van der Waals surface area (Å²) in [4.78, 5) is 24.0. The number of carbonyl (C=O) groups excluding carboxylic acids is 2. The van der Waals surface area contributed by atoms with E-state index in [0.717, 1.165) is 5.39 Å². The molecule has 0 saturated carbocycles. The second-order valence-electron chi connectivity index (χ2n) is 6.84. The molecule has 1 heterocycles. The Hall–Kier alpha value is -3.05. The highest BCUT2D eigenvalue weighted by molar-refractivity contribution is 7.90. The van der Waals surface area contributed by atoms with Crippen LogP contribution in [-0.2, 0) is 16.9 Å². The van der Waals surface area contributed by atoms with Crippen molar-refractivity contribution < 1.29 is 33.6 Å². The Kier molecular flexibility index (Phi) is 8.51. The van der Waals surface area contributed by atoms with Crippen molar-refractivity contribution in [1.29, 1.82) is 0 Å². The van der Waals surface area contributed by atoms with E-state index < -0.39 is 23.0 Å². The average Bonchev–Trinajstić information content (AvgIpc) is 3.18. The van der Waals surface area contributed by atoms with Crippen LogP contribution in [0.1, 0.15) is 32.9 Å². The number of para-hydroxylation sites is 1. The molecule has 2 aromatic carbocycles. The van der Waals surface area contributed by atoms with Crippen molar-refractivity contribution in [1.82, 2.24) is 10.8 Å². The number of hydrogen-bond acceptors (Lipinski definition) is 7. The van der Waals surface area contributed by atoms with Crippen molar-refractivity contribution in [2.45, 2.75) is 12.2 Å². The lowest BCUT2D eigenvalue weighted by atomic mass is 10.1. The molecule has 3 rings (SSSR count). The second-order valence-corrected chi connectivity index (χ2v) is 8.42. The fourth-order valence-electron chi connectivity index (χ4n) is 3.07. The number of hydrogen-bond donors (Lipinski definition) is 4. The molecule has 0 aliphatic rings. The Morgan fingerprint density at radius 3 is 2.56 bits per heavy atom. The standard InChI is InChI=1S/C22H24N2O7S/c25-11-3-13-32(29)14-18-17-4-1-2-5-19(17)31-20(18)22(27)23-10-12-30-16-8-6-15(7-9-16)21(26)24-28/h1-2,4-9,25,28H,3,10-14H2,(H,23,27)(H,24,26). The monoisotopic (exact) mass is 460 g/mol. The predicted octanol–water partition coefficient (Wildman–Crippen LogP) is 1.99. The van der Waals surface area contributed by atoms with Gasteiger partial charge < -0.3 is 24.1 Å². The Morgan fingerprint density at radius 1 is 1.09 bits per heavy atom. The van der Waals surface area contributed by atoms with Crippen LogP contribution < -0.4 is 15.5 Å². The number of ether oxygens (including phenoxy) is 1. The van der Waals surface area contributed by atoms with Crippen molar-refractivity contribution >= 4 is 34.0 Å². The molecule has 10 heteroatoms. The normalized spacial score (nSPS) is 11.8. The van der Waals surface area contributed by atoms with E-state index in [0.29, 0.717) is 29.1 Å². The Labute approximate surface area is 187 Å². The zero-order valence-electron chi connectivity index (χ0n) is 17.2. The first-order valence-corrected chi connectivity index (χ1v) is 11.4. The topological polar surface area (TPSA) is 144 Å². The highest BCUT2D eigenvalue weighted by atomic mass is 32.2. The van der Waals surface area contributed by atoms with Crippen LogP contribution in [0, 0.1) is 0 Å². The van der Waals surface area contributed by atoms with E-state index in [1.807, 2.05) is 12.1 Å². The Morgan fingerprint density at radius 2 is 1.84 bits per heavy atom. The minimum atomic E-state index is -1.24. The van der Waals surface area contributed by atoms with Crippen molar-refractivity contribution in [3.05, 3.63) is 65.4 Å². The van der Waals surface area contributed by atoms with E-state index in [9.17, 15) is 14.1 Å². The largest absolute Gasteiger partial charge is 0.616 e. The SMILES string of the molecule is O=C(NO)c1ccc(OCCNC(=O)c2oc3ccccc3c2C[S+]([O-])CCCO)cc1. The number of fused-ring (bicyclic) bond motifs is 1. The van der Waals surface area contributed by atoms with Crippen LogP contribution in [0.3, 0.4) is 0 Å². The molecule has 3 aromatic rings. The first-order chi connectivity index (χ1) is 15.5. The second kappa shape index (κ2) is 11.5.